The Kier molecular flexibility index (Phi) is 2.80. The van der Waals surface area contributed by atoms with Crippen LogP contribution in [0.4, 0.5) is 0 Å². The van der Waals surface area contributed by atoms with Crippen LogP contribution in [0.3, 0.4) is 0 Å². The summed E-state index contributed by atoms with van der Waals surface area (Å²) in [7, 11) is 0. The van der Waals surface area contributed by atoms with E-state index in [-0.39, 0.29) is 5.60 Å². The van der Waals surface area contributed by atoms with Crippen molar-refractivity contribution in [2.24, 2.45) is 11.8 Å². The summed E-state index contributed by atoms with van der Waals surface area (Å²) in [6.07, 6.45) is 18.4. The van der Waals surface area contributed by atoms with Gasteiger partial charge in [0.05, 0.1) is 11.7 Å². The number of rotatable bonds is 0. The van der Waals surface area contributed by atoms with E-state index in [0.717, 1.165) is 11.8 Å². The van der Waals surface area contributed by atoms with Gasteiger partial charge in [0.25, 0.3) is 0 Å². The predicted octanol–water partition coefficient (Wildman–Crippen LogP) is 4.61. The van der Waals surface area contributed by atoms with Crippen molar-refractivity contribution in [2.45, 2.75) is 82.3 Å². The van der Waals surface area contributed by atoms with Gasteiger partial charge in [0.15, 0.2) is 0 Å². The maximum Gasteiger partial charge on any atom is 0.0751 e. The van der Waals surface area contributed by atoms with Crippen molar-refractivity contribution in [1.82, 2.24) is 0 Å². The molecule has 0 amide bonds. The highest BCUT2D eigenvalue weighted by Crippen LogP contribution is 2.55. The molecule has 3 aliphatic carbocycles. The minimum atomic E-state index is 0.283. The molecule has 0 radical (unpaired) electrons. The molecule has 3 atom stereocenters. The lowest BCUT2D eigenvalue weighted by atomic mass is 9.64. The number of ether oxygens (including phenoxy) is 1. The van der Waals surface area contributed by atoms with Gasteiger partial charge in [-0.25, -0.2) is 0 Å². The molecule has 1 aliphatic heterocycles. The molecule has 1 saturated heterocycles. The molecule has 100 valence electrons. The molecule has 4 rings (SSSR count). The first-order valence-electron chi connectivity index (χ1n) is 8.27. The third-order valence-corrected chi connectivity index (χ3v) is 6.08. The van der Waals surface area contributed by atoms with Gasteiger partial charge in [0, 0.05) is 11.8 Å². The molecule has 0 unspecified atom stereocenters. The number of allylic oxidation sites excluding steroid dienone is 1. The van der Waals surface area contributed by atoms with E-state index in [1.54, 1.807) is 0 Å². The molecule has 0 N–H and O–H groups in total. The van der Waals surface area contributed by atoms with Crippen molar-refractivity contribution in [3.05, 3.63) is 11.6 Å². The maximum atomic E-state index is 6.77. The summed E-state index contributed by atoms with van der Waals surface area (Å²) in [5, 5.41) is 0. The SMILES string of the molecule is C1=C2[C@@H]3CCCC[C@@H]3OC3(CCCC3)[C@H]2CCC1. The van der Waals surface area contributed by atoms with Crippen molar-refractivity contribution >= 4 is 0 Å². The molecule has 1 heterocycles. The second-order valence-corrected chi connectivity index (χ2v) is 7.01. The Morgan fingerprint density at radius 2 is 1.78 bits per heavy atom. The van der Waals surface area contributed by atoms with Gasteiger partial charge in [-0.15, -0.1) is 0 Å². The summed E-state index contributed by atoms with van der Waals surface area (Å²) in [6, 6.07) is 0. The highest BCUT2D eigenvalue weighted by molar-refractivity contribution is 5.24. The van der Waals surface area contributed by atoms with Gasteiger partial charge in [0.1, 0.15) is 0 Å². The van der Waals surface area contributed by atoms with Crippen LogP contribution < -0.4 is 0 Å². The summed E-state index contributed by atoms with van der Waals surface area (Å²) in [5.41, 5.74) is 2.13. The van der Waals surface area contributed by atoms with Gasteiger partial charge in [-0.3, -0.25) is 0 Å². The van der Waals surface area contributed by atoms with Crippen LogP contribution in [0.15, 0.2) is 11.6 Å². The molecule has 0 aromatic heterocycles. The second-order valence-electron chi connectivity index (χ2n) is 7.01. The Labute approximate surface area is 111 Å². The van der Waals surface area contributed by atoms with E-state index in [4.69, 9.17) is 4.74 Å². The van der Waals surface area contributed by atoms with Crippen molar-refractivity contribution in [1.29, 1.82) is 0 Å². The standard InChI is InChI=1S/C17H26O/c1-3-9-15-13(7-1)14-8-2-4-10-16(14)18-17(15)11-5-6-12-17/h7,14-16H,1-6,8-12H2/t14-,15-,16-/m0/s1. The third-order valence-electron chi connectivity index (χ3n) is 6.08. The Hall–Kier alpha value is -0.300. The number of hydrogen-bond donors (Lipinski definition) is 0. The van der Waals surface area contributed by atoms with Crippen LogP contribution in [0, 0.1) is 11.8 Å². The summed E-state index contributed by atoms with van der Waals surface area (Å²) in [6.45, 7) is 0. The number of fused-ring (bicyclic) bond motifs is 4. The highest BCUT2D eigenvalue weighted by atomic mass is 16.5. The predicted molar refractivity (Wildman–Crippen MR) is 73.5 cm³/mol. The van der Waals surface area contributed by atoms with E-state index in [0.29, 0.717) is 6.10 Å². The first-order chi connectivity index (χ1) is 8.89. The molecule has 18 heavy (non-hydrogen) atoms. The summed E-state index contributed by atoms with van der Waals surface area (Å²) in [5.74, 6) is 1.60. The lowest BCUT2D eigenvalue weighted by molar-refractivity contribution is -0.170. The normalized spacial score (nSPS) is 42.2. The Bertz CT molecular complexity index is 351. The van der Waals surface area contributed by atoms with Gasteiger partial charge >= 0.3 is 0 Å². The molecular formula is C17H26O. The van der Waals surface area contributed by atoms with Gasteiger partial charge in [-0.05, 0) is 44.9 Å². The molecule has 0 aromatic rings. The van der Waals surface area contributed by atoms with E-state index in [1.807, 2.05) is 5.57 Å². The topological polar surface area (TPSA) is 9.23 Å². The van der Waals surface area contributed by atoms with Crippen molar-refractivity contribution in [2.75, 3.05) is 0 Å². The van der Waals surface area contributed by atoms with Crippen LogP contribution in [0.25, 0.3) is 0 Å². The molecule has 1 heteroatoms. The Morgan fingerprint density at radius 3 is 2.67 bits per heavy atom. The third kappa shape index (κ3) is 1.62. The summed E-state index contributed by atoms with van der Waals surface area (Å²) < 4.78 is 6.77. The smallest absolute Gasteiger partial charge is 0.0751 e. The van der Waals surface area contributed by atoms with Crippen LogP contribution in [-0.4, -0.2) is 11.7 Å². The van der Waals surface area contributed by atoms with E-state index in [2.05, 4.69) is 6.08 Å². The lowest BCUT2D eigenvalue weighted by Gasteiger charge is -2.53. The van der Waals surface area contributed by atoms with E-state index in [9.17, 15) is 0 Å². The fourth-order valence-corrected chi connectivity index (χ4v) is 5.32. The molecule has 4 aliphatic rings. The number of hydrogen-bond acceptors (Lipinski definition) is 1. The lowest BCUT2D eigenvalue weighted by Crippen LogP contribution is -2.52. The molecule has 0 bridgehead atoms. The fraction of sp³-hybridized carbons (Fsp3) is 0.882. The van der Waals surface area contributed by atoms with Crippen molar-refractivity contribution in [3.8, 4) is 0 Å². The zero-order valence-corrected chi connectivity index (χ0v) is 11.5. The monoisotopic (exact) mass is 246 g/mol. The molecule has 3 fully saturated rings. The maximum absolute atomic E-state index is 6.77. The molecular weight excluding hydrogens is 220 g/mol. The quantitative estimate of drug-likeness (QED) is 0.567. The molecule has 2 saturated carbocycles. The van der Waals surface area contributed by atoms with Crippen LogP contribution in [0.5, 0.6) is 0 Å². The van der Waals surface area contributed by atoms with E-state index < -0.39 is 0 Å². The van der Waals surface area contributed by atoms with Crippen LogP contribution in [0.2, 0.25) is 0 Å². The minimum Gasteiger partial charge on any atom is -0.371 e. The summed E-state index contributed by atoms with van der Waals surface area (Å²) >= 11 is 0. The molecule has 0 aromatic carbocycles. The van der Waals surface area contributed by atoms with E-state index in [1.165, 1.54) is 70.6 Å². The first-order valence-corrected chi connectivity index (χ1v) is 8.27. The van der Waals surface area contributed by atoms with Crippen molar-refractivity contribution in [3.63, 3.8) is 0 Å². The van der Waals surface area contributed by atoms with Crippen LogP contribution >= 0.6 is 0 Å². The zero-order chi connectivity index (χ0) is 12.0. The highest BCUT2D eigenvalue weighted by Gasteiger charge is 2.52. The van der Waals surface area contributed by atoms with Gasteiger partial charge in [-0.2, -0.15) is 0 Å². The van der Waals surface area contributed by atoms with E-state index >= 15 is 0 Å². The fourth-order valence-electron chi connectivity index (χ4n) is 5.32. The average Bonchev–Trinajstić information content (AvgIpc) is 2.89. The largest absolute Gasteiger partial charge is 0.371 e. The zero-order valence-electron chi connectivity index (χ0n) is 11.5. The Balaban J connectivity index is 1.71. The van der Waals surface area contributed by atoms with Gasteiger partial charge in [0.2, 0.25) is 0 Å². The van der Waals surface area contributed by atoms with Crippen molar-refractivity contribution < 1.29 is 4.74 Å². The summed E-state index contributed by atoms with van der Waals surface area (Å²) in [4.78, 5) is 0. The Morgan fingerprint density at radius 1 is 0.944 bits per heavy atom. The molecule has 1 nitrogen and oxygen atoms in total. The van der Waals surface area contributed by atoms with Crippen LogP contribution in [-0.2, 0) is 4.74 Å². The first kappa shape index (κ1) is 11.5. The van der Waals surface area contributed by atoms with Crippen LogP contribution in [0.1, 0.15) is 70.6 Å². The van der Waals surface area contributed by atoms with Gasteiger partial charge < -0.3 is 4.74 Å². The van der Waals surface area contributed by atoms with Gasteiger partial charge in [-0.1, -0.05) is 37.3 Å². The minimum absolute atomic E-state index is 0.283. The molecule has 1 spiro atoms. The second kappa shape index (κ2) is 4.37. The average molecular weight is 246 g/mol.